The number of aromatic nitrogens is 3. The van der Waals surface area contributed by atoms with Crippen molar-refractivity contribution in [1.82, 2.24) is 15.1 Å². The average Bonchev–Trinajstić information content (AvgIpc) is 3.05. The monoisotopic (exact) mass is 348 g/mol. The first kappa shape index (κ1) is 16.6. The number of pyridine rings is 1. The van der Waals surface area contributed by atoms with E-state index in [1.54, 1.807) is 29.7 Å². The molecule has 0 aliphatic rings. The third kappa shape index (κ3) is 3.65. The molecule has 2 heterocycles. The van der Waals surface area contributed by atoms with Crippen molar-refractivity contribution >= 4 is 11.6 Å². The van der Waals surface area contributed by atoms with Gasteiger partial charge in [0.15, 0.2) is 0 Å². The van der Waals surface area contributed by atoms with Gasteiger partial charge in [0.05, 0.1) is 11.3 Å². The van der Waals surface area contributed by atoms with Crippen molar-refractivity contribution in [2.24, 2.45) is 0 Å². The Morgan fingerprint density at radius 2 is 1.92 bits per heavy atom. The van der Waals surface area contributed by atoms with Gasteiger partial charge in [0, 0.05) is 17.5 Å². The summed E-state index contributed by atoms with van der Waals surface area (Å²) in [6, 6.07) is 9.36. The first-order valence-corrected chi connectivity index (χ1v) is 7.09. The number of anilines is 1. The standard InChI is InChI=1S/C16H11F3N4O2/c1-9-6-7-10(8-20-9)13-22-14(25-23-13)11-4-2-3-5-12(11)21-15(24)16(17,18)19/h2-8H,1H3,(H,21,24). The number of halogens is 3. The molecule has 1 N–H and O–H groups in total. The minimum atomic E-state index is -5.00. The molecule has 128 valence electrons. The van der Waals surface area contributed by atoms with Gasteiger partial charge in [-0.1, -0.05) is 17.3 Å². The van der Waals surface area contributed by atoms with E-state index in [2.05, 4.69) is 15.1 Å². The molecule has 2 aromatic heterocycles. The Balaban J connectivity index is 1.93. The molecule has 3 rings (SSSR count). The molecule has 0 saturated carbocycles. The summed E-state index contributed by atoms with van der Waals surface area (Å²) < 4.78 is 42.5. The van der Waals surface area contributed by atoms with Crippen LogP contribution in [0, 0.1) is 6.92 Å². The van der Waals surface area contributed by atoms with Gasteiger partial charge in [-0.25, -0.2) is 0 Å². The SMILES string of the molecule is Cc1ccc(-c2noc(-c3ccccc3NC(=O)C(F)(F)F)n2)cn1. The minimum absolute atomic E-state index is 0.0198. The lowest BCUT2D eigenvalue weighted by Crippen LogP contribution is -2.30. The van der Waals surface area contributed by atoms with Gasteiger partial charge in [0.2, 0.25) is 5.82 Å². The number of carbonyl (C=O) groups is 1. The van der Waals surface area contributed by atoms with Crippen LogP contribution in [0.5, 0.6) is 0 Å². The lowest BCUT2D eigenvalue weighted by atomic mass is 10.1. The fourth-order valence-electron chi connectivity index (χ4n) is 2.02. The molecule has 1 aromatic carbocycles. The van der Waals surface area contributed by atoms with Gasteiger partial charge in [-0.2, -0.15) is 18.2 Å². The number of hydrogen-bond acceptors (Lipinski definition) is 5. The maximum absolute atomic E-state index is 12.5. The summed E-state index contributed by atoms with van der Waals surface area (Å²) in [5.41, 5.74) is 1.51. The fourth-order valence-corrected chi connectivity index (χ4v) is 2.02. The summed E-state index contributed by atoms with van der Waals surface area (Å²) in [5.74, 6) is -1.87. The minimum Gasteiger partial charge on any atom is -0.334 e. The maximum Gasteiger partial charge on any atom is 0.471 e. The molecule has 25 heavy (non-hydrogen) atoms. The summed E-state index contributed by atoms with van der Waals surface area (Å²) >= 11 is 0. The highest BCUT2D eigenvalue weighted by Gasteiger charge is 2.39. The van der Waals surface area contributed by atoms with Crippen LogP contribution in [0.3, 0.4) is 0 Å². The van der Waals surface area contributed by atoms with Gasteiger partial charge in [-0.3, -0.25) is 9.78 Å². The topological polar surface area (TPSA) is 80.9 Å². The summed E-state index contributed by atoms with van der Waals surface area (Å²) in [6.07, 6.45) is -3.44. The van der Waals surface area contributed by atoms with Crippen LogP contribution in [0.4, 0.5) is 18.9 Å². The lowest BCUT2D eigenvalue weighted by molar-refractivity contribution is -0.167. The molecule has 0 aliphatic heterocycles. The van der Waals surface area contributed by atoms with Gasteiger partial charge < -0.3 is 9.84 Å². The van der Waals surface area contributed by atoms with Crippen LogP contribution in [0.1, 0.15) is 5.69 Å². The van der Waals surface area contributed by atoms with Crippen molar-refractivity contribution in [3.63, 3.8) is 0 Å². The fraction of sp³-hybridized carbons (Fsp3) is 0.125. The Bertz CT molecular complexity index is 904. The first-order valence-electron chi connectivity index (χ1n) is 7.09. The van der Waals surface area contributed by atoms with Gasteiger partial charge in [0.25, 0.3) is 5.89 Å². The molecule has 0 fully saturated rings. The van der Waals surface area contributed by atoms with Gasteiger partial charge in [-0.15, -0.1) is 0 Å². The predicted molar refractivity (Wildman–Crippen MR) is 82.4 cm³/mol. The molecule has 0 unspecified atom stereocenters. The third-order valence-electron chi connectivity index (χ3n) is 3.26. The van der Waals surface area contributed by atoms with E-state index in [1.807, 2.05) is 6.92 Å². The molecule has 0 radical (unpaired) electrons. The van der Waals surface area contributed by atoms with Crippen LogP contribution in [0.25, 0.3) is 22.8 Å². The van der Waals surface area contributed by atoms with Crippen LogP contribution in [0.2, 0.25) is 0 Å². The average molecular weight is 348 g/mol. The van der Waals surface area contributed by atoms with E-state index in [0.29, 0.717) is 5.56 Å². The van der Waals surface area contributed by atoms with Crippen molar-refractivity contribution in [2.45, 2.75) is 13.1 Å². The van der Waals surface area contributed by atoms with Crippen LogP contribution in [-0.2, 0) is 4.79 Å². The van der Waals surface area contributed by atoms with Crippen LogP contribution >= 0.6 is 0 Å². The number of carbonyl (C=O) groups excluding carboxylic acids is 1. The number of alkyl halides is 3. The second kappa shape index (κ2) is 6.34. The number of aryl methyl sites for hydroxylation is 1. The Morgan fingerprint density at radius 3 is 2.60 bits per heavy atom. The Kier molecular flexibility index (Phi) is 4.22. The normalized spacial score (nSPS) is 11.4. The number of nitrogens with zero attached hydrogens (tertiary/aromatic N) is 3. The van der Waals surface area contributed by atoms with Crippen molar-refractivity contribution in [2.75, 3.05) is 5.32 Å². The molecule has 0 aliphatic carbocycles. The van der Waals surface area contributed by atoms with E-state index in [1.165, 1.54) is 18.2 Å². The molecule has 0 saturated heterocycles. The van der Waals surface area contributed by atoms with Gasteiger partial charge in [0.1, 0.15) is 0 Å². The van der Waals surface area contributed by atoms with E-state index in [0.717, 1.165) is 5.69 Å². The summed E-state index contributed by atoms with van der Waals surface area (Å²) in [7, 11) is 0. The van der Waals surface area contributed by atoms with Crippen LogP contribution in [-0.4, -0.2) is 27.2 Å². The number of benzene rings is 1. The van der Waals surface area contributed by atoms with Gasteiger partial charge in [-0.05, 0) is 31.2 Å². The number of para-hydroxylation sites is 1. The molecule has 0 bridgehead atoms. The molecule has 3 aromatic rings. The Hall–Kier alpha value is -3.23. The second-order valence-corrected chi connectivity index (χ2v) is 5.11. The van der Waals surface area contributed by atoms with E-state index < -0.39 is 12.1 Å². The van der Waals surface area contributed by atoms with Crippen molar-refractivity contribution in [3.05, 3.63) is 48.3 Å². The number of amides is 1. The van der Waals surface area contributed by atoms with Crippen molar-refractivity contribution < 1.29 is 22.5 Å². The predicted octanol–water partition coefficient (Wildman–Crippen LogP) is 3.61. The molecule has 0 spiro atoms. The Labute approximate surface area is 139 Å². The molecule has 1 amide bonds. The second-order valence-electron chi connectivity index (χ2n) is 5.11. The summed E-state index contributed by atoms with van der Waals surface area (Å²) in [6.45, 7) is 1.82. The Morgan fingerprint density at radius 1 is 1.16 bits per heavy atom. The highest BCUT2D eigenvalue weighted by atomic mass is 19.4. The molecule has 0 atom stereocenters. The molecule has 6 nitrogen and oxygen atoms in total. The summed E-state index contributed by atoms with van der Waals surface area (Å²) in [5, 5.41) is 5.60. The van der Waals surface area contributed by atoms with Crippen LogP contribution in [0.15, 0.2) is 47.1 Å². The highest BCUT2D eigenvalue weighted by molar-refractivity contribution is 5.97. The largest absolute Gasteiger partial charge is 0.471 e. The molecular weight excluding hydrogens is 337 g/mol. The van der Waals surface area contributed by atoms with Crippen LogP contribution < -0.4 is 5.32 Å². The zero-order valence-electron chi connectivity index (χ0n) is 12.8. The van der Waals surface area contributed by atoms with E-state index >= 15 is 0 Å². The number of nitrogens with one attached hydrogen (secondary N) is 1. The number of rotatable bonds is 3. The summed E-state index contributed by atoms with van der Waals surface area (Å²) in [4.78, 5) is 19.4. The quantitative estimate of drug-likeness (QED) is 0.782. The maximum atomic E-state index is 12.5. The smallest absolute Gasteiger partial charge is 0.334 e. The van der Waals surface area contributed by atoms with Crippen molar-refractivity contribution in [1.29, 1.82) is 0 Å². The van der Waals surface area contributed by atoms with Crippen molar-refractivity contribution in [3.8, 4) is 22.8 Å². The lowest BCUT2D eigenvalue weighted by Gasteiger charge is -2.10. The van der Waals surface area contributed by atoms with E-state index in [4.69, 9.17) is 4.52 Å². The zero-order valence-corrected chi connectivity index (χ0v) is 12.8. The number of hydrogen-bond donors (Lipinski definition) is 1. The van der Waals surface area contributed by atoms with E-state index in [-0.39, 0.29) is 23.0 Å². The third-order valence-corrected chi connectivity index (χ3v) is 3.26. The molecular formula is C16H11F3N4O2. The van der Waals surface area contributed by atoms with E-state index in [9.17, 15) is 18.0 Å². The molecule has 9 heteroatoms. The van der Waals surface area contributed by atoms with Gasteiger partial charge >= 0.3 is 12.1 Å². The highest BCUT2D eigenvalue weighted by Crippen LogP contribution is 2.29. The first-order chi connectivity index (χ1) is 11.8. The zero-order chi connectivity index (χ0) is 18.0.